The van der Waals surface area contributed by atoms with Crippen LogP contribution in [0.25, 0.3) is 0 Å². The van der Waals surface area contributed by atoms with Crippen LogP contribution in [0, 0.1) is 6.92 Å². The van der Waals surface area contributed by atoms with Gasteiger partial charge in [-0.15, -0.1) is 11.3 Å². The van der Waals surface area contributed by atoms with Crippen molar-refractivity contribution in [3.63, 3.8) is 0 Å². The molecule has 0 saturated heterocycles. The van der Waals surface area contributed by atoms with Gasteiger partial charge in [0.15, 0.2) is 0 Å². The van der Waals surface area contributed by atoms with E-state index in [2.05, 4.69) is 15.6 Å². The van der Waals surface area contributed by atoms with Gasteiger partial charge in [-0.3, -0.25) is 9.59 Å². The van der Waals surface area contributed by atoms with Gasteiger partial charge in [-0.05, 0) is 37.1 Å². The van der Waals surface area contributed by atoms with Crippen molar-refractivity contribution in [2.24, 2.45) is 0 Å². The lowest BCUT2D eigenvalue weighted by molar-refractivity contribution is -0.114. The molecule has 0 aliphatic carbocycles. The van der Waals surface area contributed by atoms with Gasteiger partial charge in [-0.1, -0.05) is 13.8 Å². The van der Waals surface area contributed by atoms with E-state index in [0.717, 1.165) is 10.7 Å². The van der Waals surface area contributed by atoms with Gasteiger partial charge >= 0.3 is 0 Å². The van der Waals surface area contributed by atoms with Crippen LogP contribution in [0.3, 0.4) is 0 Å². The molecule has 6 heteroatoms. The molecule has 2 amide bonds. The van der Waals surface area contributed by atoms with Crippen LogP contribution in [0.5, 0.6) is 0 Å². The largest absolute Gasteiger partial charge is 0.326 e. The molecule has 0 aliphatic heterocycles. The van der Waals surface area contributed by atoms with Crippen LogP contribution in [0.1, 0.15) is 47.1 Å². The Morgan fingerprint density at radius 1 is 1.09 bits per heavy atom. The van der Waals surface area contributed by atoms with Crippen LogP contribution in [-0.4, -0.2) is 16.8 Å². The molecule has 0 saturated carbocycles. The Bertz CT molecular complexity index is 690. The smallest absolute Gasteiger partial charge is 0.267 e. The van der Waals surface area contributed by atoms with Crippen molar-refractivity contribution in [3.8, 4) is 0 Å². The monoisotopic (exact) mass is 317 g/mol. The van der Waals surface area contributed by atoms with Gasteiger partial charge in [0, 0.05) is 18.3 Å². The fraction of sp³-hybridized carbons (Fsp3) is 0.312. The third kappa shape index (κ3) is 3.92. The number of aromatic nitrogens is 1. The van der Waals surface area contributed by atoms with Crippen molar-refractivity contribution in [3.05, 3.63) is 39.8 Å². The van der Waals surface area contributed by atoms with Crippen LogP contribution in [0.15, 0.2) is 24.3 Å². The molecule has 0 aliphatic rings. The van der Waals surface area contributed by atoms with Crippen molar-refractivity contribution in [1.29, 1.82) is 0 Å². The van der Waals surface area contributed by atoms with E-state index in [1.165, 1.54) is 18.3 Å². The Morgan fingerprint density at radius 3 is 2.14 bits per heavy atom. The number of carbonyl (C=O) groups excluding carboxylic acids is 2. The molecule has 2 N–H and O–H groups in total. The number of nitrogens with one attached hydrogen (secondary N) is 2. The van der Waals surface area contributed by atoms with Crippen molar-refractivity contribution in [2.75, 3.05) is 10.6 Å². The highest BCUT2D eigenvalue weighted by Crippen LogP contribution is 2.26. The quantitative estimate of drug-likeness (QED) is 0.901. The van der Waals surface area contributed by atoms with Gasteiger partial charge in [0.2, 0.25) is 5.91 Å². The van der Waals surface area contributed by atoms with E-state index >= 15 is 0 Å². The zero-order chi connectivity index (χ0) is 16.3. The first-order valence-electron chi connectivity index (χ1n) is 7.03. The van der Waals surface area contributed by atoms with Crippen molar-refractivity contribution in [2.45, 2.75) is 33.6 Å². The third-order valence-electron chi connectivity index (χ3n) is 2.98. The van der Waals surface area contributed by atoms with Gasteiger partial charge < -0.3 is 10.6 Å². The molecular weight excluding hydrogens is 298 g/mol. The highest BCUT2D eigenvalue weighted by atomic mass is 32.1. The lowest BCUT2D eigenvalue weighted by Gasteiger charge is -2.08. The number of thiazole rings is 1. The van der Waals surface area contributed by atoms with Crippen LogP contribution in [0.4, 0.5) is 11.4 Å². The standard InChI is InChI=1S/C16H19N3O2S/c1-9(2)14-15(22-11(4)18-14)16(21)19-13-7-5-12(6-8-13)17-10(3)20/h5-9H,1-4H3,(H,17,20)(H,19,21). The van der Waals surface area contributed by atoms with E-state index in [4.69, 9.17) is 0 Å². The minimum Gasteiger partial charge on any atom is -0.326 e. The molecule has 0 bridgehead atoms. The summed E-state index contributed by atoms with van der Waals surface area (Å²) in [6, 6.07) is 7.01. The maximum atomic E-state index is 12.4. The number of benzene rings is 1. The van der Waals surface area contributed by atoms with E-state index in [1.807, 2.05) is 20.8 Å². The summed E-state index contributed by atoms with van der Waals surface area (Å²) >= 11 is 1.40. The molecule has 1 aromatic heterocycles. The minimum absolute atomic E-state index is 0.126. The van der Waals surface area contributed by atoms with Crippen molar-refractivity contribution in [1.82, 2.24) is 4.98 Å². The second-order valence-corrected chi connectivity index (χ2v) is 6.52. The van der Waals surface area contributed by atoms with E-state index in [0.29, 0.717) is 16.3 Å². The van der Waals surface area contributed by atoms with E-state index in [1.54, 1.807) is 24.3 Å². The highest BCUT2D eigenvalue weighted by molar-refractivity contribution is 7.13. The van der Waals surface area contributed by atoms with Gasteiger partial charge in [0.1, 0.15) is 4.88 Å². The van der Waals surface area contributed by atoms with Gasteiger partial charge in [-0.25, -0.2) is 4.98 Å². The highest BCUT2D eigenvalue weighted by Gasteiger charge is 2.19. The molecule has 2 rings (SSSR count). The summed E-state index contributed by atoms with van der Waals surface area (Å²) in [4.78, 5) is 28.5. The molecule has 22 heavy (non-hydrogen) atoms. The summed E-state index contributed by atoms with van der Waals surface area (Å²) in [5.74, 6) is -0.0760. The molecule has 1 heterocycles. The Morgan fingerprint density at radius 2 is 1.64 bits per heavy atom. The van der Waals surface area contributed by atoms with Crippen molar-refractivity contribution >= 4 is 34.5 Å². The average molecular weight is 317 g/mol. The Labute approximate surface area is 133 Å². The summed E-state index contributed by atoms with van der Waals surface area (Å²) < 4.78 is 0. The Hall–Kier alpha value is -2.21. The predicted octanol–water partition coefficient (Wildman–Crippen LogP) is 3.79. The lowest BCUT2D eigenvalue weighted by Crippen LogP contribution is -2.13. The third-order valence-corrected chi connectivity index (χ3v) is 3.96. The van der Waals surface area contributed by atoms with Crippen LogP contribution >= 0.6 is 11.3 Å². The lowest BCUT2D eigenvalue weighted by atomic mass is 10.1. The molecule has 2 aromatic rings. The van der Waals surface area contributed by atoms with Crippen molar-refractivity contribution < 1.29 is 9.59 Å². The summed E-state index contributed by atoms with van der Waals surface area (Å²) in [6.45, 7) is 7.39. The molecule has 0 spiro atoms. The second kappa shape index (κ2) is 6.70. The molecule has 0 unspecified atom stereocenters. The maximum Gasteiger partial charge on any atom is 0.267 e. The molecular formula is C16H19N3O2S. The Kier molecular flexibility index (Phi) is 4.92. The number of anilines is 2. The molecule has 0 fully saturated rings. The van der Waals surface area contributed by atoms with E-state index < -0.39 is 0 Å². The summed E-state index contributed by atoms with van der Waals surface area (Å²) in [6.07, 6.45) is 0. The summed E-state index contributed by atoms with van der Waals surface area (Å²) in [5, 5.41) is 6.44. The van der Waals surface area contributed by atoms with Crippen LogP contribution in [-0.2, 0) is 4.79 Å². The first-order valence-corrected chi connectivity index (χ1v) is 7.84. The second-order valence-electron chi connectivity index (χ2n) is 5.31. The van der Waals surface area contributed by atoms with Gasteiger partial charge in [0.25, 0.3) is 5.91 Å². The zero-order valence-electron chi connectivity index (χ0n) is 13.1. The molecule has 1 aromatic carbocycles. The number of amides is 2. The van der Waals surface area contributed by atoms with Gasteiger partial charge in [-0.2, -0.15) is 0 Å². The fourth-order valence-electron chi connectivity index (χ4n) is 2.03. The number of nitrogens with zero attached hydrogens (tertiary/aromatic N) is 1. The average Bonchev–Trinajstić information content (AvgIpc) is 2.83. The summed E-state index contributed by atoms with van der Waals surface area (Å²) in [5.41, 5.74) is 2.21. The van der Waals surface area contributed by atoms with E-state index in [9.17, 15) is 9.59 Å². The SMILES string of the molecule is CC(=O)Nc1ccc(NC(=O)c2sc(C)nc2C(C)C)cc1. The van der Waals surface area contributed by atoms with Gasteiger partial charge in [0.05, 0.1) is 10.7 Å². The first kappa shape index (κ1) is 16.2. The van der Waals surface area contributed by atoms with E-state index in [-0.39, 0.29) is 17.7 Å². The molecule has 5 nitrogen and oxygen atoms in total. The topological polar surface area (TPSA) is 71.1 Å². The Balaban J connectivity index is 2.13. The van der Waals surface area contributed by atoms with Crippen LogP contribution < -0.4 is 10.6 Å². The molecule has 116 valence electrons. The maximum absolute atomic E-state index is 12.4. The number of carbonyl (C=O) groups is 2. The number of hydrogen-bond acceptors (Lipinski definition) is 4. The minimum atomic E-state index is -0.151. The number of aryl methyl sites for hydroxylation is 1. The zero-order valence-corrected chi connectivity index (χ0v) is 13.9. The molecule has 0 radical (unpaired) electrons. The normalized spacial score (nSPS) is 10.6. The predicted molar refractivity (Wildman–Crippen MR) is 89.6 cm³/mol. The fourth-order valence-corrected chi connectivity index (χ4v) is 2.99. The van der Waals surface area contributed by atoms with Crippen LogP contribution in [0.2, 0.25) is 0 Å². The molecule has 0 atom stereocenters. The first-order chi connectivity index (χ1) is 10.4. The number of hydrogen-bond donors (Lipinski definition) is 2. The number of rotatable bonds is 4. The summed E-state index contributed by atoms with van der Waals surface area (Å²) in [7, 11) is 0.